The lowest BCUT2D eigenvalue weighted by molar-refractivity contribution is -0.168. The number of hydrogen-bond donors (Lipinski definition) is 2. The van der Waals surface area contributed by atoms with Gasteiger partial charge in [-0.15, -0.1) is 0 Å². The van der Waals surface area contributed by atoms with Gasteiger partial charge in [-0.05, 0) is 61.6 Å². The maximum atomic E-state index is 13.6. The number of carbonyl (C=O) groups is 1. The molecule has 34 heavy (non-hydrogen) atoms. The summed E-state index contributed by atoms with van der Waals surface area (Å²) in [7, 11) is -3.87. The van der Waals surface area contributed by atoms with E-state index in [0.717, 1.165) is 18.4 Å². The largest absolute Gasteiger partial charge is 0.458 e. The van der Waals surface area contributed by atoms with Gasteiger partial charge in [0.25, 0.3) is 0 Å². The van der Waals surface area contributed by atoms with Gasteiger partial charge in [-0.1, -0.05) is 68.8 Å². The molecule has 0 unspecified atom stereocenters. The van der Waals surface area contributed by atoms with Crippen molar-refractivity contribution < 1.29 is 23.1 Å². The standard InChI is InChI=1S/C27H35NO5S/c1-16-14-17(2)23(18(3)15-16)34(31,32)28-21-20-12-13-27(6,26(20,4)5)24(21)33-25(30)22(29)19-10-8-7-9-11-19/h7-11,14-15,20-22,24,28-29H,12-13H2,1-6H3/t20-,21-,22-,24-,27+/m1/s1. The quantitative estimate of drug-likeness (QED) is 0.593. The van der Waals surface area contributed by atoms with Crippen LogP contribution in [0.4, 0.5) is 0 Å². The first-order chi connectivity index (χ1) is 15.8. The number of fused-ring (bicyclic) bond motifs is 2. The van der Waals surface area contributed by atoms with Crippen molar-refractivity contribution >= 4 is 16.0 Å². The second-order valence-corrected chi connectivity index (χ2v) is 12.5. The fourth-order valence-electron chi connectivity index (χ4n) is 6.44. The molecule has 2 aliphatic rings. The average molecular weight is 486 g/mol. The van der Waals surface area contributed by atoms with E-state index < -0.39 is 39.7 Å². The van der Waals surface area contributed by atoms with Crippen LogP contribution in [0.15, 0.2) is 47.4 Å². The molecule has 2 bridgehead atoms. The fraction of sp³-hybridized carbons (Fsp3) is 0.519. The molecule has 7 heteroatoms. The summed E-state index contributed by atoms with van der Waals surface area (Å²) < 4.78 is 36.1. The topological polar surface area (TPSA) is 92.7 Å². The van der Waals surface area contributed by atoms with E-state index in [2.05, 4.69) is 25.5 Å². The predicted molar refractivity (Wildman–Crippen MR) is 131 cm³/mol. The van der Waals surface area contributed by atoms with Gasteiger partial charge in [-0.3, -0.25) is 0 Å². The van der Waals surface area contributed by atoms with Gasteiger partial charge < -0.3 is 9.84 Å². The van der Waals surface area contributed by atoms with Crippen molar-refractivity contribution in [1.82, 2.24) is 4.72 Å². The maximum absolute atomic E-state index is 13.6. The Labute approximate surface area is 202 Å². The number of aliphatic hydroxyl groups excluding tert-OH is 1. The summed E-state index contributed by atoms with van der Waals surface area (Å²) in [5.74, 6) is -0.752. The monoisotopic (exact) mass is 485 g/mol. The third-order valence-electron chi connectivity index (χ3n) is 8.51. The van der Waals surface area contributed by atoms with Crippen LogP contribution in [0.1, 0.15) is 62.0 Å². The molecular weight excluding hydrogens is 450 g/mol. The molecule has 6 nitrogen and oxygen atoms in total. The van der Waals surface area contributed by atoms with Gasteiger partial charge in [0.1, 0.15) is 6.10 Å². The van der Waals surface area contributed by atoms with Gasteiger partial charge in [-0.2, -0.15) is 0 Å². The molecular formula is C27H35NO5S. The van der Waals surface area contributed by atoms with E-state index in [4.69, 9.17) is 4.74 Å². The minimum absolute atomic E-state index is 0.00463. The lowest BCUT2D eigenvalue weighted by Crippen LogP contribution is -2.51. The molecule has 184 valence electrons. The molecule has 2 aromatic rings. The van der Waals surface area contributed by atoms with E-state index in [0.29, 0.717) is 16.7 Å². The number of sulfonamides is 1. The van der Waals surface area contributed by atoms with Gasteiger partial charge in [-0.25, -0.2) is 17.9 Å². The van der Waals surface area contributed by atoms with Crippen LogP contribution in [0.2, 0.25) is 0 Å². The highest BCUT2D eigenvalue weighted by Gasteiger charge is 2.68. The number of carbonyl (C=O) groups excluding carboxylic acids is 1. The first-order valence-electron chi connectivity index (χ1n) is 11.8. The lowest BCUT2D eigenvalue weighted by atomic mass is 9.70. The van der Waals surface area contributed by atoms with Crippen LogP contribution in [0.5, 0.6) is 0 Å². The van der Waals surface area contributed by atoms with Crippen LogP contribution in [-0.2, 0) is 19.6 Å². The summed E-state index contributed by atoms with van der Waals surface area (Å²) in [5, 5.41) is 10.6. The number of hydrogen-bond acceptors (Lipinski definition) is 5. The first kappa shape index (κ1) is 24.9. The fourth-order valence-corrected chi connectivity index (χ4v) is 8.17. The highest BCUT2D eigenvalue weighted by molar-refractivity contribution is 7.89. The summed E-state index contributed by atoms with van der Waals surface area (Å²) in [6.07, 6.45) is -0.443. The lowest BCUT2D eigenvalue weighted by Gasteiger charge is -2.39. The van der Waals surface area contributed by atoms with Crippen molar-refractivity contribution in [3.63, 3.8) is 0 Å². The van der Waals surface area contributed by atoms with Crippen molar-refractivity contribution in [2.24, 2.45) is 16.7 Å². The third-order valence-corrected chi connectivity index (χ3v) is 10.3. The molecule has 2 fully saturated rings. The molecule has 2 saturated carbocycles. The Morgan fingerprint density at radius 1 is 1.09 bits per heavy atom. The number of benzene rings is 2. The summed E-state index contributed by atoms with van der Waals surface area (Å²) in [6.45, 7) is 11.8. The van der Waals surface area contributed by atoms with Crippen LogP contribution < -0.4 is 4.72 Å². The molecule has 0 saturated heterocycles. The number of ether oxygens (including phenoxy) is 1. The zero-order chi connectivity index (χ0) is 25.1. The van der Waals surface area contributed by atoms with Crippen molar-refractivity contribution in [2.75, 3.05) is 0 Å². The minimum Gasteiger partial charge on any atom is -0.458 e. The van der Waals surface area contributed by atoms with Gasteiger partial charge in [0, 0.05) is 5.41 Å². The Bertz CT molecular complexity index is 1180. The zero-order valence-corrected chi connectivity index (χ0v) is 21.6. The van der Waals surface area contributed by atoms with Gasteiger partial charge in [0.2, 0.25) is 10.0 Å². The molecule has 0 aromatic heterocycles. The summed E-state index contributed by atoms with van der Waals surface area (Å²) in [6, 6.07) is 11.8. The van der Waals surface area contributed by atoms with Crippen LogP contribution in [0.25, 0.3) is 0 Å². The normalized spacial score (nSPS) is 28.6. The molecule has 0 aliphatic heterocycles. The highest BCUT2D eigenvalue weighted by atomic mass is 32.2. The summed E-state index contributed by atoms with van der Waals surface area (Å²) >= 11 is 0. The average Bonchev–Trinajstić information content (AvgIpc) is 3.05. The molecule has 5 atom stereocenters. The van der Waals surface area contributed by atoms with Crippen LogP contribution >= 0.6 is 0 Å². The Morgan fingerprint density at radius 3 is 2.26 bits per heavy atom. The Morgan fingerprint density at radius 2 is 1.68 bits per heavy atom. The van der Waals surface area contributed by atoms with E-state index in [9.17, 15) is 18.3 Å². The second kappa shape index (κ2) is 8.47. The molecule has 0 heterocycles. The van der Waals surface area contributed by atoms with Crippen molar-refractivity contribution in [2.45, 2.75) is 77.5 Å². The maximum Gasteiger partial charge on any atom is 0.340 e. The van der Waals surface area contributed by atoms with E-state index >= 15 is 0 Å². The molecule has 2 N–H and O–H groups in total. The van der Waals surface area contributed by atoms with E-state index in [-0.39, 0.29) is 16.2 Å². The third kappa shape index (κ3) is 3.88. The smallest absolute Gasteiger partial charge is 0.340 e. The molecule has 2 aromatic carbocycles. The summed E-state index contributed by atoms with van der Waals surface area (Å²) in [5.41, 5.74) is 2.15. The number of aliphatic hydroxyl groups is 1. The van der Waals surface area contributed by atoms with Crippen molar-refractivity contribution in [3.05, 3.63) is 64.7 Å². The van der Waals surface area contributed by atoms with Crippen LogP contribution in [0, 0.1) is 37.5 Å². The highest BCUT2D eigenvalue weighted by Crippen LogP contribution is 2.66. The number of rotatable bonds is 6. The molecule has 2 aliphatic carbocycles. The van der Waals surface area contributed by atoms with E-state index in [1.54, 1.807) is 44.2 Å². The summed E-state index contributed by atoms with van der Waals surface area (Å²) in [4.78, 5) is 13.3. The number of aryl methyl sites for hydroxylation is 3. The van der Waals surface area contributed by atoms with Crippen molar-refractivity contribution in [3.8, 4) is 0 Å². The van der Waals surface area contributed by atoms with Crippen LogP contribution in [0.3, 0.4) is 0 Å². The van der Waals surface area contributed by atoms with Crippen LogP contribution in [-0.4, -0.2) is 31.6 Å². The predicted octanol–water partition coefficient (Wildman–Crippen LogP) is 4.36. The number of nitrogens with one attached hydrogen (secondary N) is 1. The van der Waals surface area contributed by atoms with Gasteiger partial charge in [0.15, 0.2) is 6.10 Å². The number of esters is 1. The molecule has 0 spiro atoms. The Hall–Kier alpha value is -2.22. The van der Waals surface area contributed by atoms with E-state index in [1.807, 2.05) is 19.1 Å². The SMILES string of the molecule is Cc1cc(C)c(S(=O)(=O)N[C@@H]2[C@H]3CC[C@@](C)([C@@H]2OC(=O)[C@H](O)c2ccccc2)C3(C)C)c(C)c1. The molecule has 4 rings (SSSR count). The minimum atomic E-state index is -3.87. The molecule has 0 radical (unpaired) electrons. The molecule has 0 amide bonds. The first-order valence-corrected chi connectivity index (χ1v) is 13.3. The van der Waals surface area contributed by atoms with Crippen molar-refractivity contribution in [1.29, 1.82) is 0 Å². The zero-order valence-electron chi connectivity index (χ0n) is 20.8. The van der Waals surface area contributed by atoms with Gasteiger partial charge >= 0.3 is 5.97 Å². The van der Waals surface area contributed by atoms with Gasteiger partial charge in [0.05, 0.1) is 10.9 Å². The second-order valence-electron chi connectivity index (χ2n) is 10.8. The van der Waals surface area contributed by atoms with E-state index in [1.165, 1.54) is 0 Å². The Balaban J connectivity index is 1.67. The Kier molecular flexibility index (Phi) is 6.20.